The van der Waals surface area contributed by atoms with Crippen LogP contribution in [0.5, 0.6) is 17.2 Å². The second-order valence-corrected chi connectivity index (χ2v) is 12.1. The fraction of sp³-hybridized carbons (Fsp3) is 0.474. The summed E-state index contributed by atoms with van der Waals surface area (Å²) in [5.41, 5.74) is 5.17. The Bertz CT molecular complexity index is 1420. The zero-order valence-electron chi connectivity index (χ0n) is 30.0. The maximum atomic E-state index is 11.5. The molecule has 0 radical (unpaired) electrons. The van der Waals surface area contributed by atoms with Gasteiger partial charge in [0.2, 0.25) is 0 Å². The van der Waals surface area contributed by atoms with Crippen LogP contribution in [0.1, 0.15) is 50.3 Å². The molecule has 50 heavy (non-hydrogen) atoms. The lowest BCUT2D eigenvalue weighted by Crippen LogP contribution is -2.34. The molecule has 274 valence electrons. The number of hydrogen-bond donors (Lipinski definition) is 3. The third-order valence-corrected chi connectivity index (χ3v) is 7.41. The van der Waals surface area contributed by atoms with E-state index in [9.17, 15) is 9.59 Å². The van der Waals surface area contributed by atoms with Gasteiger partial charge in [-0.3, -0.25) is 0 Å². The minimum atomic E-state index is -0.582. The first-order valence-electron chi connectivity index (χ1n) is 16.8. The lowest BCUT2D eigenvalue weighted by atomic mass is 9.98. The molecule has 3 aromatic carbocycles. The first kappa shape index (κ1) is 40.1. The van der Waals surface area contributed by atoms with Crippen molar-refractivity contribution in [1.29, 1.82) is 0 Å². The zero-order chi connectivity index (χ0) is 36.4. The Morgan fingerprint density at radius 3 is 1.90 bits per heavy atom. The number of aliphatic hydroxyl groups is 1. The summed E-state index contributed by atoms with van der Waals surface area (Å²) in [7, 11) is 3.25. The lowest BCUT2D eigenvalue weighted by Gasteiger charge is -2.19. The molecule has 0 aromatic heterocycles. The van der Waals surface area contributed by atoms with E-state index in [0.717, 1.165) is 5.56 Å². The molecule has 12 nitrogen and oxygen atoms in total. The van der Waals surface area contributed by atoms with Crippen molar-refractivity contribution in [3.8, 4) is 28.4 Å². The number of ether oxygens (including phenoxy) is 7. The van der Waals surface area contributed by atoms with Crippen LogP contribution in [0, 0.1) is 0 Å². The van der Waals surface area contributed by atoms with Crippen LogP contribution in [0.25, 0.3) is 11.1 Å². The van der Waals surface area contributed by atoms with Crippen LogP contribution >= 0.6 is 0 Å². The predicted octanol–water partition coefficient (Wildman–Crippen LogP) is 5.08. The van der Waals surface area contributed by atoms with Crippen LogP contribution in [0.2, 0.25) is 0 Å². The number of benzene rings is 3. The van der Waals surface area contributed by atoms with Gasteiger partial charge in [0.25, 0.3) is 0 Å². The molecular formula is C38H52N2O10. The molecule has 0 saturated heterocycles. The summed E-state index contributed by atoms with van der Waals surface area (Å²) in [6.45, 7) is 11.2. The largest absolute Gasteiger partial charge is 0.496 e. The quantitative estimate of drug-likeness (QED) is 0.121. The van der Waals surface area contributed by atoms with Crippen molar-refractivity contribution in [2.45, 2.75) is 45.8 Å². The van der Waals surface area contributed by atoms with Gasteiger partial charge in [-0.2, -0.15) is 0 Å². The molecule has 4 rings (SSSR count). The van der Waals surface area contributed by atoms with Crippen molar-refractivity contribution in [1.82, 2.24) is 10.6 Å². The van der Waals surface area contributed by atoms with E-state index >= 15 is 0 Å². The van der Waals surface area contributed by atoms with E-state index in [0.29, 0.717) is 69.9 Å². The molecule has 0 unspecified atom stereocenters. The molecule has 3 N–H and O–H groups in total. The summed E-state index contributed by atoms with van der Waals surface area (Å²) in [4.78, 5) is 22.6. The minimum Gasteiger partial charge on any atom is -0.496 e. The summed E-state index contributed by atoms with van der Waals surface area (Å²) < 4.78 is 37.7. The number of amides is 1. The second kappa shape index (κ2) is 21.0. The van der Waals surface area contributed by atoms with E-state index < -0.39 is 24.3 Å². The Morgan fingerprint density at radius 1 is 0.820 bits per heavy atom. The number of fused-ring (bicyclic) bond motifs is 3. The normalized spacial score (nSPS) is 11.8. The molecule has 0 fully saturated rings. The molecular weight excluding hydrogens is 644 g/mol. The smallest absolute Gasteiger partial charge is 0.407 e. The number of rotatable bonds is 18. The number of carbonyl (C=O) groups excluding carboxylic acids is 2. The highest BCUT2D eigenvalue weighted by Crippen LogP contribution is 2.44. The summed E-state index contributed by atoms with van der Waals surface area (Å²) in [6.07, 6.45) is -0.445. The molecule has 0 aliphatic heterocycles. The number of esters is 1. The molecule has 1 aliphatic rings. The van der Waals surface area contributed by atoms with Gasteiger partial charge >= 0.3 is 12.1 Å². The summed E-state index contributed by atoms with van der Waals surface area (Å²) in [5.74, 6) is 1.61. The van der Waals surface area contributed by atoms with Crippen LogP contribution < -0.4 is 24.8 Å². The highest BCUT2D eigenvalue weighted by molar-refractivity contribution is 5.79. The minimum absolute atomic E-state index is 0.0582. The number of aliphatic hydroxyl groups excluding tert-OH is 1. The van der Waals surface area contributed by atoms with Crippen LogP contribution in [-0.2, 0) is 30.3 Å². The standard InChI is InChI=1S/C22H38N2O7.C16H14O3/c1-7-30-17-14-19(26-5)18(20(15-17)27-6)16-23-8-10-28-12-13-29-11-9-24-21(25)31-22(2,3)4;17-9-16(18)19-10-15-13-7-3-1-5-11(13)12-6-2-4-8-14(12)15/h14-15,23H,7-13,16H2,1-6H3,(H,24,25);1-8,15,17H,9-10H2. The van der Waals surface area contributed by atoms with E-state index in [4.69, 9.17) is 38.3 Å². The summed E-state index contributed by atoms with van der Waals surface area (Å²) in [6, 6.07) is 20.0. The van der Waals surface area contributed by atoms with Gasteiger partial charge in [-0.05, 0) is 49.9 Å². The average Bonchev–Trinajstić information content (AvgIpc) is 3.42. The van der Waals surface area contributed by atoms with Gasteiger partial charge in [-0.25, -0.2) is 9.59 Å². The maximum absolute atomic E-state index is 11.5. The van der Waals surface area contributed by atoms with E-state index in [1.165, 1.54) is 22.3 Å². The first-order valence-corrected chi connectivity index (χ1v) is 16.8. The third-order valence-electron chi connectivity index (χ3n) is 7.41. The second-order valence-electron chi connectivity index (χ2n) is 12.1. The lowest BCUT2D eigenvalue weighted by molar-refractivity contribution is -0.147. The number of alkyl carbamates (subject to hydrolysis) is 1. The molecule has 0 bridgehead atoms. The molecule has 0 atom stereocenters. The van der Waals surface area contributed by atoms with Crippen LogP contribution in [-0.4, -0.2) is 96.3 Å². The maximum Gasteiger partial charge on any atom is 0.407 e. The fourth-order valence-corrected chi connectivity index (χ4v) is 5.26. The molecule has 1 amide bonds. The van der Waals surface area contributed by atoms with Crippen LogP contribution in [0.15, 0.2) is 60.7 Å². The van der Waals surface area contributed by atoms with Gasteiger partial charge in [0.15, 0.2) is 0 Å². The van der Waals surface area contributed by atoms with Gasteiger partial charge in [0.05, 0.1) is 52.8 Å². The zero-order valence-corrected chi connectivity index (χ0v) is 30.0. The van der Waals surface area contributed by atoms with Crippen molar-refractivity contribution >= 4 is 12.1 Å². The predicted molar refractivity (Wildman–Crippen MR) is 190 cm³/mol. The fourth-order valence-electron chi connectivity index (χ4n) is 5.26. The topological polar surface area (TPSA) is 143 Å². The Hall–Kier alpha value is -4.36. The Labute approximate surface area is 295 Å². The van der Waals surface area contributed by atoms with Gasteiger partial charge in [0, 0.05) is 37.7 Å². The Kier molecular flexibility index (Phi) is 16.8. The average molecular weight is 697 g/mol. The first-order chi connectivity index (χ1) is 24.1. The van der Waals surface area contributed by atoms with Gasteiger partial charge in [-0.15, -0.1) is 0 Å². The van der Waals surface area contributed by atoms with E-state index in [1.807, 2.05) is 64.1 Å². The van der Waals surface area contributed by atoms with Gasteiger partial charge < -0.3 is 48.9 Å². The summed E-state index contributed by atoms with van der Waals surface area (Å²) in [5, 5.41) is 14.7. The molecule has 3 aromatic rings. The molecule has 0 spiro atoms. The van der Waals surface area contributed by atoms with Gasteiger partial charge in [-0.1, -0.05) is 48.5 Å². The number of carbonyl (C=O) groups is 2. The van der Waals surface area contributed by atoms with Crippen molar-refractivity contribution in [2.75, 3.05) is 73.6 Å². The molecule has 0 heterocycles. The highest BCUT2D eigenvalue weighted by atomic mass is 16.6. The van der Waals surface area contributed by atoms with Crippen molar-refractivity contribution in [3.63, 3.8) is 0 Å². The van der Waals surface area contributed by atoms with E-state index in [2.05, 4.69) is 34.9 Å². The van der Waals surface area contributed by atoms with Crippen molar-refractivity contribution < 1.29 is 47.9 Å². The molecule has 12 heteroatoms. The van der Waals surface area contributed by atoms with E-state index in [1.54, 1.807) is 14.2 Å². The number of methoxy groups -OCH3 is 2. The van der Waals surface area contributed by atoms with Crippen LogP contribution in [0.3, 0.4) is 0 Å². The SMILES string of the molecule is CCOc1cc(OC)c(CNCCOCCOCCNC(=O)OC(C)(C)C)c(OC)c1.O=C(CO)OCC1c2ccccc2-c2ccccc21. The summed E-state index contributed by atoms with van der Waals surface area (Å²) >= 11 is 0. The highest BCUT2D eigenvalue weighted by Gasteiger charge is 2.28. The van der Waals surface area contributed by atoms with Crippen LogP contribution in [0.4, 0.5) is 4.79 Å². The Balaban J connectivity index is 0.000000300. The van der Waals surface area contributed by atoms with Gasteiger partial charge in [0.1, 0.15) is 36.1 Å². The molecule has 1 aliphatic carbocycles. The molecule has 0 saturated carbocycles. The van der Waals surface area contributed by atoms with Crippen molar-refractivity contribution in [3.05, 3.63) is 77.4 Å². The monoisotopic (exact) mass is 696 g/mol. The third kappa shape index (κ3) is 12.8. The van der Waals surface area contributed by atoms with Crippen molar-refractivity contribution in [2.24, 2.45) is 0 Å². The number of hydrogen-bond acceptors (Lipinski definition) is 11. The van der Waals surface area contributed by atoms with E-state index in [-0.39, 0.29) is 12.5 Å². The number of nitrogens with one attached hydrogen (secondary N) is 2. The Morgan fingerprint density at radius 2 is 1.38 bits per heavy atom.